The van der Waals surface area contributed by atoms with Crippen LogP contribution in [0.25, 0.3) is 0 Å². The Morgan fingerprint density at radius 3 is 2.20 bits per heavy atom. The van der Waals surface area contributed by atoms with Crippen LogP contribution < -0.4 is 5.19 Å². The normalized spacial score (nSPS) is 16.1. The highest BCUT2D eigenvalue weighted by atomic mass is 28.4. The SMILES string of the molecule is C[Si](O)(CCC(F)(F)F)c1ccccc1. The second kappa shape index (κ2) is 4.36. The predicted octanol–water partition coefficient (Wildman–Crippen LogP) is 2.41. The van der Waals surface area contributed by atoms with Gasteiger partial charge in [0.1, 0.15) is 0 Å². The maximum Gasteiger partial charge on any atom is 0.388 e. The molecular weight excluding hydrogens is 221 g/mol. The summed E-state index contributed by atoms with van der Waals surface area (Å²) in [5.41, 5.74) is 0. The quantitative estimate of drug-likeness (QED) is 0.796. The standard InChI is InChI=1S/C10H13F3OSi/c1-15(14,8-7-10(11,12)13)9-5-3-2-4-6-9/h2-6,14H,7-8H2,1H3. The van der Waals surface area contributed by atoms with Crippen molar-refractivity contribution in [2.24, 2.45) is 0 Å². The third-order valence-corrected chi connectivity index (χ3v) is 5.09. The summed E-state index contributed by atoms with van der Waals surface area (Å²) in [6.07, 6.45) is -5.10. The van der Waals surface area contributed by atoms with Gasteiger partial charge in [0.25, 0.3) is 0 Å². The van der Waals surface area contributed by atoms with Crippen molar-refractivity contribution < 1.29 is 18.0 Å². The zero-order valence-electron chi connectivity index (χ0n) is 8.38. The average molecular weight is 234 g/mol. The van der Waals surface area contributed by atoms with Gasteiger partial charge in [-0.15, -0.1) is 0 Å². The van der Waals surface area contributed by atoms with Gasteiger partial charge in [-0.05, 0) is 17.8 Å². The Kier molecular flexibility index (Phi) is 3.57. The molecule has 0 radical (unpaired) electrons. The van der Waals surface area contributed by atoms with Crippen molar-refractivity contribution in [3.05, 3.63) is 30.3 Å². The van der Waals surface area contributed by atoms with Crippen LogP contribution in [0.4, 0.5) is 13.2 Å². The lowest BCUT2D eigenvalue weighted by Crippen LogP contribution is -2.45. The minimum Gasteiger partial charge on any atom is -0.428 e. The number of hydrogen-bond acceptors (Lipinski definition) is 1. The summed E-state index contributed by atoms with van der Waals surface area (Å²) in [6.45, 7) is 1.54. The fourth-order valence-electron chi connectivity index (χ4n) is 1.33. The van der Waals surface area contributed by atoms with Crippen molar-refractivity contribution in [2.45, 2.75) is 25.2 Å². The van der Waals surface area contributed by atoms with Gasteiger partial charge in [0, 0.05) is 6.42 Å². The molecule has 0 spiro atoms. The lowest BCUT2D eigenvalue weighted by Gasteiger charge is -2.21. The molecule has 0 aliphatic heterocycles. The molecule has 0 saturated carbocycles. The Morgan fingerprint density at radius 2 is 1.73 bits per heavy atom. The predicted molar refractivity (Wildman–Crippen MR) is 55.4 cm³/mol. The Labute approximate surface area is 87.7 Å². The maximum atomic E-state index is 12.0. The van der Waals surface area contributed by atoms with Gasteiger partial charge < -0.3 is 4.80 Å². The van der Waals surface area contributed by atoms with E-state index in [2.05, 4.69) is 0 Å². The molecule has 1 N–H and O–H groups in total. The van der Waals surface area contributed by atoms with Crippen LogP contribution in [-0.2, 0) is 0 Å². The molecule has 1 atom stereocenters. The van der Waals surface area contributed by atoms with Crippen molar-refractivity contribution in [3.63, 3.8) is 0 Å². The van der Waals surface area contributed by atoms with Crippen molar-refractivity contribution in [1.29, 1.82) is 0 Å². The molecule has 1 aromatic carbocycles. The topological polar surface area (TPSA) is 20.2 Å². The summed E-state index contributed by atoms with van der Waals surface area (Å²) >= 11 is 0. The first kappa shape index (κ1) is 12.3. The summed E-state index contributed by atoms with van der Waals surface area (Å²) in [6, 6.07) is 8.41. The van der Waals surface area contributed by atoms with E-state index in [0.29, 0.717) is 5.19 Å². The van der Waals surface area contributed by atoms with Crippen LogP contribution in [0, 0.1) is 0 Å². The van der Waals surface area contributed by atoms with Crippen LogP contribution in [0.5, 0.6) is 0 Å². The summed E-state index contributed by atoms with van der Waals surface area (Å²) in [7, 11) is -2.91. The molecular formula is C10H13F3OSi. The van der Waals surface area contributed by atoms with Crippen LogP contribution in [0.1, 0.15) is 6.42 Å². The second-order valence-corrected chi connectivity index (χ2v) is 7.38. The molecule has 0 aliphatic rings. The minimum absolute atomic E-state index is 0.180. The summed E-state index contributed by atoms with van der Waals surface area (Å²) < 4.78 is 36.0. The zero-order chi connectivity index (χ0) is 11.5. The Hall–Kier alpha value is -0.813. The lowest BCUT2D eigenvalue weighted by atomic mass is 10.4. The first-order chi connectivity index (χ1) is 6.81. The highest BCUT2D eigenvalue weighted by Crippen LogP contribution is 2.24. The Bertz CT molecular complexity index is 308. The van der Waals surface area contributed by atoms with E-state index in [4.69, 9.17) is 0 Å². The molecule has 84 valence electrons. The third-order valence-electron chi connectivity index (χ3n) is 2.29. The third kappa shape index (κ3) is 4.05. The van der Waals surface area contributed by atoms with Crippen LogP contribution in [0.3, 0.4) is 0 Å². The molecule has 5 heteroatoms. The van der Waals surface area contributed by atoms with Gasteiger partial charge in [-0.2, -0.15) is 13.2 Å². The van der Waals surface area contributed by atoms with Gasteiger partial charge in [0.2, 0.25) is 8.32 Å². The van der Waals surface area contributed by atoms with E-state index < -0.39 is 20.9 Å². The summed E-state index contributed by atoms with van der Waals surface area (Å²) in [5, 5.41) is 0.647. The molecule has 1 rings (SSSR count). The number of hydrogen-bond donors (Lipinski definition) is 1. The number of rotatable bonds is 3. The highest BCUT2D eigenvalue weighted by molar-refractivity contribution is 6.84. The Morgan fingerprint density at radius 1 is 1.20 bits per heavy atom. The van der Waals surface area contributed by atoms with Gasteiger partial charge in [-0.25, -0.2) is 0 Å². The summed E-state index contributed by atoms with van der Waals surface area (Å²) in [4.78, 5) is 9.99. The highest BCUT2D eigenvalue weighted by Gasteiger charge is 2.34. The average Bonchev–Trinajstić information content (AvgIpc) is 2.16. The van der Waals surface area contributed by atoms with Gasteiger partial charge in [0.15, 0.2) is 0 Å². The maximum absolute atomic E-state index is 12.0. The van der Waals surface area contributed by atoms with Crippen LogP contribution in [0.15, 0.2) is 30.3 Å². The monoisotopic (exact) mass is 234 g/mol. The first-order valence-corrected chi connectivity index (χ1v) is 7.31. The Balaban J connectivity index is 2.68. The number of alkyl halides is 3. The van der Waals surface area contributed by atoms with Crippen molar-refractivity contribution in [3.8, 4) is 0 Å². The molecule has 1 unspecified atom stereocenters. The molecule has 0 aliphatic carbocycles. The largest absolute Gasteiger partial charge is 0.428 e. The second-order valence-electron chi connectivity index (χ2n) is 3.76. The fourth-order valence-corrected chi connectivity index (χ4v) is 3.30. The van der Waals surface area contributed by atoms with Crippen LogP contribution >= 0.6 is 0 Å². The number of halogens is 3. The molecule has 0 bridgehead atoms. The smallest absolute Gasteiger partial charge is 0.388 e. The van der Waals surface area contributed by atoms with E-state index in [1.165, 1.54) is 6.55 Å². The molecule has 0 saturated heterocycles. The van der Waals surface area contributed by atoms with E-state index in [1.807, 2.05) is 0 Å². The van der Waals surface area contributed by atoms with E-state index >= 15 is 0 Å². The number of benzene rings is 1. The zero-order valence-corrected chi connectivity index (χ0v) is 9.38. The van der Waals surface area contributed by atoms with E-state index in [0.717, 1.165) is 0 Å². The van der Waals surface area contributed by atoms with Crippen LogP contribution in [0.2, 0.25) is 12.6 Å². The molecule has 0 fully saturated rings. The molecule has 0 aromatic heterocycles. The van der Waals surface area contributed by atoms with E-state index in [1.54, 1.807) is 30.3 Å². The van der Waals surface area contributed by atoms with Gasteiger partial charge in [-0.1, -0.05) is 30.3 Å². The van der Waals surface area contributed by atoms with Gasteiger partial charge in [-0.3, -0.25) is 0 Å². The van der Waals surface area contributed by atoms with Crippen molar-refractivity contribution in [1.82, 2.24) is 0 Å². The van der Waals surface area contributed by atoms with E-state index in [-0.39, 0.29) is 6.04 Å². The van der Waals surface area contributed by atoms with Gasteiger partial charge >= 0.3 is 6.18 Å². The van der Waals surface area contributed by atoms with Crippen molar-refractivity contribution >= 4 is 13.5 Å². The minimum atomic E-state index is -4.19. The molecule has 1 nitrogen and oxygen atoms in total. The molecule has 15 heavy (non-hydrogen) atoms. The molecule has 0 heterocycles. The first-order valence-electron chi connectivity index (χ1n) is 4.66. The molecule has 1 aromatic rings. The van der Waals surface area contributed by atoms with Crippen LogP contribution in [-0.4, -0.2) is 19.3 Å². The fraction of sp³-hybridized carbons (Fsp3) is 0.400. The summed E-state index contributed by atoms with van der Waals surface area (Å²) in [5.74, 6) is 0. The van der Waals surface area contributed by atoms with E-state index in [9.17, 15) is 18.0 Å². The lowest BCUT2D eigenvalue weighted by molar-refractivity contribution is -0.131. The molecule has 0 amide bonds. The van der Waals surface area contributed by atoms with Crippen molar-refractivity contribution in [2.75, 3.05) is 0 Å². The van der Waals surface area contributed by atoms with Gasteiger partial charge in [0.05, 0.1) is 0 Å².